The third kappa shape index (κ3) is 4.53. The zero-order valence-electron chi connectivity index (χ0n) is 17.0. The Bertz CT molecular complexity index is 1210. The van der Waals surface area contributed by atoms with Crippen molar-refractivity contribution < 1.29 is 4.79 Å². The van der Waals surface area contributed by atoms with Crippen LogP contribution in [0.2, 0.25) is 0 Å². The van der Waals surface area contributed by atoms with Gasteiger partial charge in [0.05, 0.1) is 11.4 Å². The van der Waals surface area contributed by atoms with Crippen LogP contribution < -0.4 is 10.9 Å². The minimum atomic E-state index is -0.227. The number of hydrogen-bond acceptors (Lipinski definition) is 6. The van der Waals surface area contributed by atoms with E-state index in [1.165, 1.54) is 42.4 Å². The molecule has 6 nitrogen and oxygen atoms in total. The van der Waals surface area contributed by atoms with Crippen LogP contribution in [0.25, 0.3) is 16.0 Å². The summed E-state index contributed by atoms with van der Waals surface area (Å²) in [4.78, 5) is 32.4. The van der Waals surface area contributed by atoms with Gasteiger partial charge in [-0.2, -0.15) is 0 Å². The molecule has 1 aliphatic carbocycles. The third-order valence-corrected chi connectivity index (χ3v) is 7.56. The number of carbonyl (C=O) groups excluding carboxylic acids is 1. The normalized spacial score (nSPS) is 14.9. The molecule has 2 aromatic heterocycles. The van der Waals surface area contributed by atoms with Gasteiger partial charge in [0.2, 0.25) is 5.91 Å². The summed E-state index contributed by atoms with van der Waals surface area (Å²) in [6.07, 6.45) is 5.68. The number of rotatable bonds is 5. The number of fused-ring (bicyclic) bond motifs is 1. The van der Waals surface area contributed by atoms with Gasteiger partial charge < -0.3 is 10.3 Å². The molecule has 1 aromatic carbocycles. The quantitative estimate of drug-likeness (QED) is 0.329. The molecule has 158 valence electrons. The summed E-state index contributed by atoms with van der Waals surface area (Å²) >= 11 is 8.04. The van der Waals surface area contributed by atoms with E-state index in [1.54, 1.807) is 0 Å². The molecule has 1 saturated carbocycles. The lowest BCUT2D eigenvalue weighted by Gasteiger charge is -2.22. The van der Waals surface area contributed by atoms with Gasteiger partial charge in [-0.1, -0.05) is 60.1 Å². The fourth-order valence-corrected chi connectivity index (χ4v) is 5.81. The molecule has 0 spiro atoms. The monoisotopic (exact) mass is 460 g/mol. The van der Waals surface area contributed by atoms with Crippen LogP contribution in [0.3, 0.4) is 0 Å². The van der Waals surface area contributed by atoms with Gasteiger partial charge in [-0.25, -0.2) is 4.98 Å². The first-order chi connectivity index (χ1) is 14.4. The molecule has 30 heavy (non-hydrogen) atoms. The zero-order valence-corrected chi connectivity index (χ0v) is 19.4. The second-order valence-corrected chi connectivity index (χ2v) is 10.3. The summed E-state index contributed by atoms with van der Waals surface area (Å²) in [5, 5.41) is 3.52. The van der Waals surface area contributed by atoms with Gasteiger partial charge in [-0.05, 0) is 50.5 Å². The predicted octanol–water partition coefficient (Wildman–Crippen LogP) is 4.66. The molecular weight excluding hydrogens is 436 g/mol. The van der Waals surface area contributed by atoms with Crippen LogP contribution in [-0.4, -0.2) is 32.2 Å². The lowest BCUT2D eigenvalue weighted by Crippen LogP contribution is -2.37. The van der Waals surface area contributed by atoms with Crippen molar-refractivity contribution in [3.05, 3.63) is 43.6 Å². The molecule has 2 heterocycles. The van der Waals surface area contributed by atoms with Crippen molar-refractivity contribution in [3.8, 4) is 5.69 Å². The third-order valence-electron chi connectivity index (χ3n) is 5.32. The minimum Gasteiger partial charge on any atom is -0.353 e. The summed E-state index contributed by atoms with van der Waals surface area (Å²) in [6, 6.07) is 6.37. The van der Waals surface area contributed by atoms with Gasteiger partial charge in [0.25, 0.3) is 5.56 Å². The van der Waals surface area contributed by atoms with E-state index in [0.29, 0.717) is 19.5 Å². The first-order valence-corrected chi connectivity index (χ1v) is 12.3. The van der Waals surface area contributed by atoms with Crippen molar-refractivity contribution in [2.24, 2.45) is 0 Å². The average molecular weight is 461 g/mol. The molecule has 0 atom stereocenters. The standard InChI is InChI=1S/C21H24N4O2S3/c1-12-8-9-15(13(2)10-12)25-18-17(30-21(25)28)19(27)24-20(23-18)29-11-16(26)22-14-6-4-3-5-7-14/h8-10,14H,3-7,11H2,1-2H3,(H,22,26)(H,23,24,27). The maximum absolute atomic E-state index is 12.6. The van der Waals surface area contributed by atoms with E-state index in [4.69, 9.17) is 12.2 Å². The van der Waals surface area contributed by atoms with E-state index >= 15 is 0 Å². The van der Waals surface area contributed by atoms with Gasteiger partial charge >= 0.3 is 0 Å². The Morgan fingerprint density at radius 2 is 2.10 bits per heavy atom. The SMILES string of the molecule is Cc1ccc(-n2c(=S)sc3c(=O)[nH]c(SCC(=O)NC4CCCCC4)nc32)c(C)c1. The summed E-state index contributed by atoms with van der Waals surface area (Å²) in [6.45, 7) is 4.06. The maximum Gasteiger partial charge on any atom is 0.271 e. The number of nitrogens with one attached hydrogen (secondary N) is 2. The van der Waals surface area contributed by atoms with Crippen molar-refractivity contribution in [1.29, 1.82) is 0 Å². The zero-order chi connectivity index (χ0) is 21.3. The van der Waals surface area contributed by atoms with Gasteiger partial charge in [0, 0.05) is 6.04 Å². The number of aryl methyl sites for hydroxylation is 2. The Kier molecular flexibility index (Phi) is 6.40. The molecule has 0 unspecified atom stereocenters. The molecular formula is C21H24N4O2S3. The Hall–Kier alpha value is -1.97. The molecule has 1 fully saturated rings. The lowest BCUT2D eigenvalue weighted by atomic mass is 9.95. The highest BCUT2D eigenvalue weighted by molar-refractivity contribution is 7.99. The van der Waals surface area contributed by atoms with Crippen LogP contribution in [0, 0.1) is 17.8 Å². The second-order valence-electron chi connectivity index (χ2n) is 7.71. The Balaban J connectivity index is 1.60. The number of amides is 1. The van der Waals surface area contributed by atoms with Crippen LogP contribution in [0.5, 0.6) is 0 Å². The van der Waals surface area contributed by atoms with Crippen molar-refractivity contribution >= 4 is 51.6 Å². The fraction of sp³-hybridized carbons (Fsp3) is 0.429. The number of carbonyl (C=O) groups is 1. The number of aromatic nitrogens is 3. The molecule has 0 aliphatic heterocycles. The van der Waals surface area contributed by atoms with Gasteiger partial charge in [0.1, 0.15) is 4.70 Å². The van der Waals surface area contributed by atoms with Crippen molar-refractivity contribution in [3.63, 3.8) is 0 Å². The fourth-order valence-electron chi connectivity index (χ4n) is 3.88. The molecule has 0 radical (unpaired) electrons. The van der Waals surface area contributed by atoms with E-state index in [0.717, 1.165) is 29.7 Å². The van der Waals surface area contributed by atoms with E-state index in [-0.39, 0.29) is 23.3 Å². The van der Waals surface area contributed by atoms with Crippen molar-refractivity contribution in [2.75, 3.05) is 5.75 Å². The molecule has 0 bridgehead atoms. The predicted molar refractivity (Wildman–Crippen MR) is 126 cm³/mol. The summed E-state index contributed by atoms with van der Waals surface area (Å²) in [5.41, 5.74) is 3.45. The number of nitrogens with zero attached hydrogens (tertiary/aromatic N) is 2. The van der Waals surface area contributed by atoms with Crippen LogP contribution >= 0.6 is 35.3 Å². The maximum atomic E-state index is 12.6. The second kappa shape index (κ2) is 9.03. The number of H-pyrrole nitrogens is 1. The smallest absolute Gasteiger partial charge is 0.271 e. The number of thioether (sulfide) groups is 1. The number of benzene rings is 1. The molecule has 3 aromatic rings. The first kappa shape index (κ1) is 21.3. The summed E-state index contributed by atoms with van der Waals surface area (Å²) < 4.78 is 2.93. The van der Waals surface area contributed by atoms with E-state index in [1.807, 2.05) is 30.5 Å². The van der Waals surface area contributed by atoms with Crippen molar-refractivity contribution in [2.45, 2.75) is 57.1 Å². The molecule has 4 rings (SSSR count). The Labute approximate surface area is 188 Å². The summed E-state index contributed by atoms with van der Waals surface area (Å²) in [7, 11) is 0. The van der Waals surface area contributed by atoms with Gasteiger partial charge in [-0.15, -0.1) is 0 Å². The van der Waals surface area contributed by atoms with Crippen molar-refractivity contribution in [1.82, 2.24) is 19.9 Å². The largest absolute Gasteiger partial charge is 0.353 e. The van der Waals surface area contributed by atoms with E-state index in [2.05, 4.69) is 21.4 Å². The van der Waals surface area contributed by atoms with Crippen LogP contribution in [-0.2, 0) is 4.79 Å². The molecule has 1 aliphatic rings. The van der Waals surface area contributed by atoms with Crippen LogP contribution in [0.1, 0.15) is 43.2 Å². The molecule has 0 saturated heterocycles. The Morgan fingerprint density at radius 1 is 1.33 bits per heavy atom. The lowest BCUT2D eigenvalue weighted by molar-refractivity contribution is -0.119. The summed E-state index contributed by atoms with van der Waals surface area (Å²) in [5.74, 6) is 0.200. The number of thiazole rings is 1. The van der Waals surface area contributed by atoms with E-state index < -0.39 is 0 Å². The highest BCUT2D eigenvalue weighted by Gasteiger charge is 2.18. The average Bonchev–Trinajstić information content (AvgIpc) is 3.04. The Morgan fingerprint density at radius 3 is 2.83 bits per heavy atom. The topological polar surface area (TPSA) is 79.8 Å². The highest BCUT2D eigenvalue weighted by atomic mass is 32.2. The number of aromatic amines is 1. The van der Waals surface area contributed by atoms with Gasteiger partial charge in [-0.3, -0.25) is 14.2 Å². The molecule has 1 amide bonds. The molecule has 2 N–H and O–H groups in total. The first-order valence-electron chi connectivity index (χ1n) is 10.1. The van der Waals surface area contributed by atoms with Gasteiger partial charge in [0.15, 0.2) is 14.8 Å². The molecule has 9 heteroatoms. The number of hydrogen-bond donors (Lipinski definition) is 2. The minimum absolute atomic E-state index is 0.0221. The van der Waals surface area contributed by atoms with Crippen LogP contribution in [0.4, 0.5) is 0 Å². The van der Waals surface area contributed by atoms with E-state index in [9.17, 15) is 9.59 Å². The highest BCUT2D eigenvalue weighted by Crippen LogP contribution is 2.27. The van der Waals surface area contributed by atoms with Crippen LogP contribution in [0.15, 0.2) is 28.2 Å².